The molecule has 1 saturated heterocycles. The van der Waals surface area contributed by atoms with Gasteiger partial charge >= 0.3 is 0 Å². The van der Waals surface area contributed by atoms with Gasteiger partial charge in [-0.25, -0.2) is 8.42 Å². The topological polar surface area (TPSA) is 60.9 Å². The Morgan fingerprint density at radius 3 is 2.08 bits per heavy atom. The van der Waals surface area contributed by atoms with Gasteiger partial charge in [-0.3, -0.25) is 0 Å². The highest BCUT2D eigenvalue weighted by Crippen LogP contribution is 2.36. The van der Waals surface area contributed by atoms with Gasteiger partial charge in [0.2, 0.25) is 10.0 Å². The monoisotopic (exact) mass is 420 g/mol. The van der Waals surface area contributed by atoms with Crippen molar-refractivity contribution in [3.8, 4) is 5.75 Å². The number of hydrogen-bond acceptors (Lipinski definition) is 4. The van der Waals surface area contributed by atoms with Crippen molar-refractivity contribution in [2.45, 2.75) is 4.90 Å². The molecule has 0 aromatic heterocycles. The first-order valence-electron chi connectivity index (χ1n) is 7.48. The highest BCUT2D eigenvalue weighted by atomic mass is 35.5. The molecule has 3 rings (SSSR count). The third-order valence-electron chi connectivity index (χ3n) is 4.04. The smallest absolute Gasteiger partial charge is 0.246 e. The number of phenolic OH excluding ortho intramolecular Hbond substituents is 1. The van der Waals surface area contributed by atoms with Crippen LogP contribution in [0.2, 0.25) is 15.1 Å². The van der Waals surface area contributed by atoms with Gasteiger partial charge in [-0.2, -0.15) is 4.31 Å². The summed E-state index contributed by atoms with van der Waals surface area (Å²) in [5.74, 6) is -0.480. The van der Waals surface area contributed by atoms with E-state index < -0.39 is 15.8 Å². The predicted octanol–water partition coefficient (Wildman–Crippen LogP) is 3.86. The number of nitrogens with zero attached hydrogens (tertiary/aromatic N) is 2. The lowest BCUT2D eigenvalue weighted by Gasteiger charge is -2.35. The Bertz CT molecular complexity index is 880. The van der Waals surface area contributed by atoms with Gasteiger partial charge in [0, 0.05) is 41.9 Å². The van der Waals surface area contributed by atoms with Crippen molar-refractivity contribution in [3.05, 3.63) is 51.5 Å². The largest absolute Gasteiger partial charge is 0.505 e. The molecule has 2 aromatic rings. The summed E-state index contributed by atoms with van der Waals surface area (Å²) < 4.78 is 26.9. The van der Waals surface area contributed by atoms with Crippen molar-refractivity contribution in [1.29, 1.82) is 0 Å². The molecule has 1 N–H and O–H groups in total. The molecule has 1 aliphatic heterocycles. The summed E-state index contributed by atoms with van der Waals surface area (Å²) in [5, 5.41) is 10.7. The molecule has 0 bridgehead atoms. The molecule has 5 nitrogen and oxygen atoms in total. The van der Waals surface area contributed by atoms with Gasteiger partial charge in [-0.1, -0.05) is 34.8 Å². The zero-order valence-electron chi connectivity index (χ0n) is 13.0. The molecule has 1 aliphatic rings. The van der Waals surface area contributed by atoms with Crippen LogP contribution in [0.5, 0.6) is 5.75 Å². The quantitative estimate of drug-likeness (QED) is 0.817. The summed E-state index contributed by atoms with van der Waals surface area (Å²) in [4.78, 5) is 1.80. The van der Waals surface area contributed by atoms with E-state index in [1.165, 1.54) is 16.4 Å². The van der Waals surface area contributed by atoms with Gasteiger partial charge in [-0.15, -0.1) is 0 Å². The minimum Gasteiger partial charge on any atom is -0.505 e. The molecule has 2 aromatic carbocycles. The van der Waals surface area contributed by atoms with E-state index in [-0.39, 0.29) is 28.0 Å². The molecule has 0 amide bonds. The van der Waals surface area contributed by atoms with Crippen LogP contribution in [0.1, 0.15) is 0 Å². The fraction of sp³-hybridized carbons (Fsp3) is 0.250. The third kappa shape index (κ3) is 3.83. The molecule has 0 spiro atoms. The van der Waals surface area contributed by atoms with Crippen LogP contribution in [-0.4, -0.2) is 44.0 Å². The summed E-state index contributed by atoms with van der Waals surface area (Å²) in [6.45, 7) is 1.62. The Morgan fingerprint density at radius 1 is 0.880 bits per heavy atom. The fourth-order valence-corrected chi connectivity index (χ4v) is 5.01. The van der Waals surface area contributed by atoms with Crippen LogP contribution in [0.3, 0.4) is 0 Å². The third-order valence-corrected chi connectivity index (χ3v) is 6.71. The minimum atomic E-state index is -3.88. The number of benzene rings is 2. The molecule has 0 saturated carbocycles. The van der Waals surface area contributed by atoms with Crippen LogP contribution >= 0.6 is 34.8 Å². The Morgan fingerprint density at radius 2 is 1.48 bits per heavy atom. The number of halogens is 3. The lowest BCUT2D eigenvalue weighted by Crippen LogP contribution is -2.48. The van der Waals surface area contributed by atoms with Gasteiger partial charge in [0.05, 0.1) is 5.02 Å². The van der Waals surface area contributed by atoms with Crippen molar-refractivity contribution in [2.24, 2.45) is 0 Å². The first-order valence-corrected chi connectivity index (χ1v) is 10.0. The molecule has 0 radical (unpaired) electrons. The molecule has 0 unspecified atom stereocenters. The summed E-state index contributed by atoms with van der Waals surface area (Å²) in [5.41, 5.74) is 0.982. The van der Waals surface area contributed by atoms with Gasteiger partial charge in [0.25, 0.3) is 0 Å². The molecule has 1 heterocycles. The van der Waals surface area contributed by atoms with Crippen molar-refractivity contribution in [3.63, 3.8) is 0 Å². The Hall–Kier alpha value is -1.18. The van der Waals surface area contributed by atoms with Gasteiger partial charge in [0.1, 0.15) is 4.90 Å². The van der Waals surface area contributed by atoms with E-state index in [9.17, 15) is 13.5 Å². The molecule has 0 aliphatic carbocycles. The second-order valence-electron chi connectivity index (χ2n) is 5.60. The maximum atomic E-state index is 12.8. The summed E-state index contributed by atoms with van der Waals surface area (Å²) in [7, 11) is -3.88. The van der Waals surface area contributed by atoms with E-state index in [2.05, 4.69) is 4.90 Å². The Kier molecular flexibility index (Phi) is 5.37. The van der Waals surface area contributed by atoms with Crippen LogP contribution in [0, 0.1) is 0 Å². The number of rotatable bonds is 3. The van der Waals surface area contributed by atoms with Gasteiger partial charge in [-0.05, 0) is 36.4 Å². The molecule has 134 valence electrons. The first-order chi connectivity index (χ1) is 11.8. The van der Waals surface area contributed by atoms with E-state index in [0.717, 1.165) is 5.69 Å². The minimum absolute atomic E-state index is 0.0918. The SMILES string of the molecule is O=S(=O)(c1cc(Cl)cc(Cl)c1O)N1CCN(c2ccc(Cl)cc2)CC1. The normalized spacial score (nSPS) is 16.2. The predicted molar refractivity (Wildman–Crippen MR) is 101 cm³/mol. The number of sulfonamides is 1. The second-order valence-corrected chi connectivity index (χ2v) is 8.79. The fourth-order valence-electron chi connectivity index (χ4n) is 2.72. The second kappa shape index (κ2) is 7.21. The zero-order chi connectivity index (χ0) is 18.2. The average molecular weight is 422 g/mol. The van der Waals surface area contributed by atoms with Crippen LogP contribution in [-0.2, 0) is 10.0 Å². The summed E-state index contributed by atoms with van der Waals surface area (Å²) in [6.07, 6.45) is 0. The number of phenols is 1. The van der Waals surface area contributed by atoms with Gasteiger partial charge < -0.3 is 10.0 Å². The number of aromatic hydroxyl groups is 1. The highest BCUT2D eigenvalue weighted by Gasteiger charge is 2.31. The number of hydrogen-bond donors (Lipinski definition) is 1. The van der Waals surface area contributed by atoms with Crippen LogP contribution < -0.4 is 4.90 Å². The maximum absolute atomic E-state index is 12.8. The van der Waals surface area contributed by atoms with Crippen molar-refractivity contribution in [1.82, 2.24) is 4.31 Å². The van der Waals surface area contributed by atoms with Crippen LogP contribution in [0.15, 0.2) is 41.3 Å². The van der Waals surface area contributed by atoms with Crippen molar-refractivity contribution >= 4 is 50.5 Å². The Labute approximate surface area is 161 Å². The van der Waals surface area contributed by atoms with Crippen LogP contribution in [0.25, 0.3) is 0 Å². The van der Waals surface area contributed by atoms with E-state index in [4.69, 9.17) is 34.8 Å². The van der Waals surface area contributed by atoms with Crippen molar-refractivity contribution < 1.29 is 13.5 Å². The van der Waals surface area contributed by atoms with Crippen LogP contribution in [0.4, 0.5) is 5.69 Å². The first kappa shape index (κ1) is 18.6. The zero-order valence-corrected chi connectivity index (χ0v) is 16.1. The average Bonchev–Trinajstić information content (AvgIpc) is 2.59. The molecule has 1 fully saturated rings. The van der Waals surface area contributed by atoms with Gasteiger partial charge in [0.15, 0.2) is 5.75 Å². The molecule has 0 atom stereocenters. The summed E-state index contributed by atoms with van der Waals surface area (Å²) in [6, 6.07) is 9.90. The van der Waals surface area contributed by atoms with E-state index in [0.29, 0.717) is 18.1 Å². The highest BCUT2D eigenvalue weighted by molar-refractivity contribution is 7.89. The summed E-state index contributed by atoms with van der Waals surface area (Å²) >= 11 is 17.6. The molecular formula is C16H15Cl3N2O3S. The Balaban J connectivity index is 1.79. The number of anilines is 1. The lowest BCUT2D eigenvalue weighted by atomic mass is 10.2. The maximum Gasteiger partial charge on any atom is 0.246 e. The lowest BCUT2D eigenvalue weighted by molar-refractivity contribution is 0.380. The van der Waals surface area contributed by atoms with Crippen molar-refractivity contribution in [2.75, 3.05) is 31.1 Å². The van der Waals surface area contributed by atoms with E-state index in [1.807, 2.05) is 12.1 Å². The molecule has 25 heavy (non-hydrogen) atoms. The standard InChI is InChI=1S/C16H15Cl3N2O3S/c17-11-1-3-13(4-2-11)20-5-7-21(8-6-20)25(23,24)15-10-12(18)9-14(19)16(15)22/h1-4,9-10,22H,5-8H2. The molecule has 9 heteroatoms. The van der Waals surface area contributed by atoms with E-state index in [1.54, 1.807) is 12.1 Å². The number of piperazine rings is 1. The van der Waals surface area contributed by atoms with E-state index >= 15 is 0 Å². The molecular weight excluding hydrogens is 407 g/mol.